The zero-order valence-electron chi connectivity index (χ0n) is 9.68. The van der Waals surface area contributed by atoms with Gasteiger partial charge in [-0.3, -0.25) is 4.79 Å². The minimum atomic E-state index is -3.80. The highest BCUT2D eigenvalue weighted by atomic mass is 79.9. The summed E-state index contributed by atoms with van der Waals surface area (Å²) in [5.74, 6) is 0.191. The zero-order valence-corrected chi connectivity index (χ0v) is 12.1. The first kappa shape index (κ1) is 13.5. The van der Waals surface area contributed by atoms with Crippen molar-refractivity contribution in [2.45, 2.75) is 24.3 Å². The number of hydrogen-bond acceptors (Lipinski definition) is 3. The Kier molecular flexibility index (Phi) is 3.48. The summed E-state index contributed by atoms with van der Waals surface area (Å²) in [4.78, 5) is 11.9. The number of benzene rings is 1. The molecule has 98 valence electrons. The van der Waals surface area contributed by atoms with E-state index in [1.165, 1.54) is 18.2 Å². The summed E-state index contributed by atoms with van der Waals surface area (Å²) < 4.78 is 23.0. The van der Waals surface area contributed by atoms with Crippen LogP contribution in [0.1, 0.15) is 23.7 Å². The van der Waals surface area contributed by atoms with E-state index in [9.17, 15) is 13.2 Å². The molecular weight excluding hydrogens is 320 g/mol. The fraction of sp³-hybridized carbons (Fsp3) is 0.364. The summed E-state index contributed by atoms with van der Waals surface area (Å²) in [5, 5.41) is 7.87. The standard InChI is InChI=1S/C11H13BrN2O3S/c1-6-4-10(6)14-11(15)8-5-7(18(13,16)17)2-3-9(8)12/h2-3,5-6,10H,4H2,1H3,(H,14,15)(H2,13,16,17). The predicted molar refractivity (Wildman–Crippen MR) is 70.6 cm³/mol. The van der Waals surface area contributed by atoms with E-state index in [4.69, 9.17) is 5.14 Å². The first-order valence-corrected chi connectivity index (χ1v) is 7.76. The molecule has 0 spiro atoms. The number of carbonyl (C=O) groups is 1. The minimum absolute atomic E-state index is 0.0697. The molecule has 1 amide bonds. The van der Waals surface area contributed by atoms with Gasteiger partial charge in [-0.25, -0.2) is 13.6 Å². The van der Waals surface area contributed by atoms with Crippen LogP contribution in [-0.4, -0.2) is 20.4 Å². The van der Waals surface area contributed by atoms with Gasteiger partial charge in [0.15, 0.2) is 0 Å². The molecule has 0 radical (unpaired) electrons. The molecule has 5 nitrogen and oxygen atoms in total. The molecular formula is C11H13BrN2O3S. The van der Waals surface area contributed by atoms with Crippen molar-refractivity contribution in [1.82, 2.24) is 5.32 Å². The van der Waals surface area contributed by atoms with E-state index in [-0.39, 0.29) is 22.4 Å². The van der Waals surface area contributed by atoms with Crippen molar-refractivity contribution in [2.75, 3.05) is 0 Å². The van der Waals surface area contributed by atoms with Crippen LogP contribution in [0.4, 0.5) is 0 Å². The second kappa shape index (κ2) is 4.64. The van der Waals surface area contributed by atoms with Crippen LogP contribution in [-0.2, 0) is 10.0 Å². The normalized spacial score (nSPS) is 22.6. The van der Waals surface area contributed by atoms with Crippen molar-refractivity contribution < 1.29 is 13.2 Å². The highest BCUT2D eigenvalue weighted by Crippen LogP contribution is 2.30. The number of rotatable bonds is 3. The Balaban J connectivity index is 2.29. The van der Waals surface area contributed by atoms with Crippen LogP contribution in [0.5, 0.6) is 0 Å². The molecule has 1 aliphatic rings. The third kappa shape index (κ3) is 2.90. The van der Waals surface area contributed by atoms with E-state index in [0.717, 1.165) is 6.42 Å². The lowest BCUT2D eigenvalue weighted by atomic mass is 10.2. The third-order valence-electron chi connectivity index (χ3n) is 2.94. The fourth-order valence-electron chi connectivity index (χ4n) is 1.62. The average molecular weight is 333 g/mol. The average Bonchev–Trinajstić information content (AvgIpc) is 2.92. The van der Waals surface area contributed by atoms with Crippen molar-refractivity contribution in [2.24, 2.45) is 11.1 Å². The van der Waals surface area contributed by atoms with Gasteiger partial charge in [0, 0.05) is 10.5 Å². The number of nitrogens with two attached hydrogens (primary N) is 1. The van der Waals surface area contributed by atoms with E-state index < -0.39 is 10.0 Å². The van der Waals surface area contributed by atoms with Gasteiger partial charge in [-0.15, -0.1) is 0 Å². The highest BCUT2D eigenvalue weighted by Gasteiger charge is 2.34. The van der Waals surface area contributed by atoms with Gasteiger partial charge in [-0.1, -0.05) is 6.92 Å². The van der Waals surface area contributed by atoms with Crippen LogP contribution in [0.2, 0.25) is 0 Å². The predicted octanol–water partition coefficient (Wildman–Crippen LogP) is 1.23. The molecule has 0 bridgehead atoms. The smallest absolute Gasteiger partial charge is 0.252 e. The lowest BCUT2D eigenvalue weighted by Crippen LogP contribution is -2.27. The number of halogens is 1. The van der Waals surface area contributed by atoms with Crippen molar-refractivity contribution in [3.63, 3.8) is 0 Å². The zero-order chi connectivity index (χ0) is 13.5. The van der Waals surface area contributed by atoms with E-state index in [0.29, 0.717) is 10.4 Å². The first-order valence-electron chi connectivity index (χ1n) is 5.42. The van der Waals surface area contributed by atoms with Gasteiger partial charge in [0.2, 0.25) is 10.0 Å². The number of hydrogen-bond donors (Lipinski definition) is 2. The van der Waals surface area contributed by atoms with Crippen molar-refractivity contribution >= 4 is 31.9 Å². The van der Waals surface area contributed by atoms with E-state index in [2.05, 4.69) is 21.2 Å². The van der Waals surface area contributed by atoms with Crippen molar-refractivity contribution in [1.29, 1.82) is 0 Å². The molecule has 1 aromatic rings. The summed E-state index contributed by atoms with van der Waals surface area (Å²) in [5.41, 5.74) is 0.278. The summed E-state index contributed by atoms with van der Waals surface area (Å²) in [7, 11) is -3.80. The van der Waals surface area contributed by atoms with Crippen LogP contribution in [0, 0.1) is 5.92 Å². The molecule has 1 aliphatic carbocycles. The van der Waals surface area contributed by atoms with Gasteiger partial charge >= 0.3 is 0 Å². The summed E-state index contributed by atoms with van der Waals surface area (Å²) in [6, 6.07) is 4.32. The molecule has 3 N–H and O–H groups in total. The van der Waals surface area contributed by atoms with Gasteiger partial charge in [-0.2, -0.15) is 0 Å². The van der Waals surface area contributed by atoms with E-state index in [1.54, 1.807) is 0 Å². The van der Waals surface area contributed by atoms with Crippen LogP contribution >= 0.6 is 15.9 Å². The Hall–Kier alpha value is -0.920. The summed E-state index contributed by atoms with van der Waals surface area (Å²) in [6.45, 7) is 2.04. The maximum Gasteiger partial charge on any atom is 0.252 e. The van der Waals surface area contributed by atoms with Crippen LogP contribution < -0.4 is 10.5 Å². The number of amides is 1. The maximum absolute atomic E-state index is 12.0. The minimum Gasteiger partial charge on any atom is -0.349 e. The summed E-state index contributed by atoms with van der Waals surface area (Å²) in [6.07, 6.45) is 0.957. The Morgan fingerprint density at radius 2 is 2.11 bits per heavy atom. The van der Waals surface area contributed by atoms with Crippen molar-refractivity contribution in [3.05, 3.63) is 28.2 Å². The Morgan fingerprint density at radius 3 is 2.61 bits per heavy atom. The number of sulfonamides is 1. The van der Waals surface area contributed by atoms with Crippen LogP contribution in [0.15, 0.2) is 27.6 Å². The fourth-order valence-corrected chi connectivity index (χ4v) is 2.59. The molecule has 0 heterocycles. The van der Waals surface area contributed by atoms with Gasteiger partial charge in [-0.05, 0) is 46.5 Å². The molecule has 0 aromatic heterocycles. The molecule has 0 aliphatic heterocycles. The van der Waals surface area contributed by atoms with Crippen LogP contribution in [0.25, 0.3) is 0 Å². The monoisotopic (exact) mass is 332 g/mol. The maximum atomic E-state index is 12.0. The second-order valence-electron chi connectivity index (χ2n) is 4.48. The SMILES string of the molecule is CC1CC1NC(=O)c1cc(S(N)(=O)=O)ccc1Br. The first-order chi connectivity index (χ1) is 8.29. The molecule has 7 heteroatoms. The number of carbonyl (C=O) groups excluding carboxylic acids is 1. The van der Waals surface area contributed by atoms with Crippen molar-refractivity contribution in [3.8, 4) is 0 Å². The number of nitrogens with one attached hydrogen (secondary N) is 1. The van der Waals surface area contributed by atoms with Gasteiger partial charge in [0.1, 0.15) is 0 Å². The van der Waals surface area contributed by atoms with E-state index in [1.807, 2.05) is 6.92 Å². The number of primary sulfonamides is 1. The van der Waals surface area contributed by atoms with Gasteiger partial charge in [0.25, 0.3) is 5.91 Å². The molecule has 0 saturated heterocycles. The quantitative estimate of drug-likeness (QED) is 0.872. The molecule has 2 atom stereocenters. The lowest BCUT2D eigenvalue weighted by Gasteiger charge is -2.07. The topological polar surface area (TPSA) is 89.3 Å². The van der Waals surface area contributed by atoms with Crippen LogP contribution in [0.3, 0.4) is 0 Å². The molecule has 1 saturated carbocycles. The molecule has 1 fully saturated rings. The Labute approximate surface area is 114 Å². The van der Waals surface area contributed by atoms with Gasteiger partial charge < -0.3 is 5.32 Å². The lowest BCUT2D eigenvalue weighted by molar-refractivity contribution is 0.0948. The highest BCUT2D eigenvalue weighted by molar-refractivity contribution is 9.10. The third-order valence-corrected chi connectivity index (χ3v) is 4.54. The molecule has 18 heavy (non-hydrogen) atoms. The Bertz CT molecular complexity index is 600. The second-order valence-corrected chi connectivity index (χ2v) is 6.90. The van der Waals surface area contributed by atoms with Gasteiger partial charge in [0.05, 0.1) is 10.5 Å². The largest absolute Gasteiger partial charge is 0.349 e. The molecule has 2 unspecified atom stereocenters. The van der Waals surface area contributed by atoms with E-state index >= 15 is 0 Å². The molecule has 2 rings (SSSR count). The summed E-state index contributed by atoms with van der Waals surface area (Å²) >= 11 is 3.23. The molecule has 1 aromatic carbocycles. The Morgan fingerprint density at radius 1 is 1.50 bits per heavy atom.